The first-order valence-electron chi connectivity index (χ1n) is 3.97. The standard InChI is InChI=1S/C10H10FNO2/c1-6(2)8-5-4-7(9(11)12-8)10(13)14-3/h4-5H,1H2,2-3H3. The van der Waals surface area contributed by atoms with E-state index in [1.807, 2.05) is 0 Å². The Kier molecular flexibility index (Phi) is 2.96. The Labute approximate surface area is 81.2 Å². The summed E-state index contributed by atoms with van der Waals surface area (Å²) in [6.45, 7) is 5.32. The number of aromatic nitrogens is 1. The van der Waals surface area contributed by atoms with Gasteiger partial charge in [-0.25, -0.2) is 9.78 Å². The van der Waals surface area contributed by atoms with Crippen LogP contribution in [-0.4, -0.2) is 18.1 Å². The molecule has 0 saturated carbocycles. The number of esters is 1. The smallest absolute Gasteiger partial charge is 0.342 e. The van der Waals surface area contributed by atoms with E-state index in [1.165, 1.54) is 19.2 Å². The van der Waals surface area contributed by atoms with Gasteiger partial charge in [0.2, 0.25) is 5.95 Å². The second-order valence-electron chi connectivity index (χ2n) is 2.81. The SMILES string of the molecule is C=C(C)c1ccc(C(=O)OC)c(F)n1. The summed E-state index contributed by atoms with van der Waals surface area (Å²) >= 11 is 0. The minimum Gasteiger partial charge on any atom is -0.465 e. The number of ether oxygens (including phenoxy) is 1. The van der Waals surface area contributed by atoms with Crippen LogP contribution in [0.3, 0.4) is 0 Å². The molecule has 0 atom stereocenters. The van der Waals surface area contributed by atoms with Gasteiger partial charge in [0, 0.05) is 0 Å². The molecule has 3 nitrogen and oxygen atoms in total. The topological polar surface area (TPSA) is 39.2 Å². The number of hydrogen-bond donors (Lipinski definition) is 0. The molecule has 0 aliphatic carbocycles. The second kappa shape index (κ2) is 4.00. The highest BCUT2D eigenvalue weighted by Gasteiger charge is 2.13. The largest absolute Gasteiger partial charge is 0.465 e. The maximum atomic E-state index is 13.2. The Morgan fingerprint density at radius 1 is 1.57 bits per heavy atom. The molecule has 0 unspecified atom stereocenters. The van der Waals surface area contributed by atoms with E-state index in [0.717, 1.165) is 0 Å². The van der Waals surface area contributed by atoms with Crippen LogP contribution in [0.2, 0.25) is 0 Å². The lowest BCUT2D eigenvalue weighted by Crippen LogP contribution is -2.06. The van der Waals surface area contributed by atoms with E-state index in [0.29, 0.717) is 11.3 Å². The zero-order valence-corrected chi connectivity index (χ0v) is 8.00. The maximum Gasteiger partial charge on any atom is 0.342 e. The van der Waals surface area contributed by atoms with Gasteiger partial charge in [0.05, 0.1) is 12.8 Å². The number of allylic oxidation sites excluding steroid dienone is 1. The third-order valence-corrected chi connectivity index (χ3v) is 1.69. The zero-order valence-electron chi connectivity index (χ0n) is 8.00. The molecule has 1 aromatic rings. The van der Waals surface area contributed by atoms with Crippen LogP contribution in [0.5, 0.6) is 0 Å². The Balaban J connectivity index is 3.14. The quantitative estimate of drug-likeness (QED) is 0.535. The second-order valence-corrected chi connectivity index (χ2v) is 2.81. The van der Waals surface area contributed by atoms with Crippen LogP contribution in [0.15, 0.2) is 18.7 Å². The fourth-order valence-electron chi connectivity index (χ4n) is 0.934. The molecule has 1 rings (SSSR count). The van der Waals surface area contributed by atoms with E-state index in [4.69, 9.17) is 0 Å². The van der Waals surface area contributed by atoms with Gasteiger partial charge in [-0.15, -0.1) is 0 Å². The maximum absolute atomic E-state index is 13.2. The molecule has 74 valence electrons. The lowest BCUT2D eigenvalue weighted by molar-refractivity contribution is 0.0594. The van der Waals surface area contributed by atoms with E-state index in [2.05, 4.69) is 16.3 Å². The fraction of sp³-hybridized carbons (Fsp3) is 0.200. The van der Waals surface area contributed by atoms with Crippen LogP contribution in [-0.2, 0) is 4.74 Å². The van der Waals surface area contributed by atoms with Crippen molar-refractivity contribution in [2.45, 2.75) is 6.92 Å². The molecule has 0 fully saturated rings. The normalized spacial score (nSPS) is 9.64. The average Bonchev–Trinajstić information content (AvgIpc) is 2.16. The molecule has 0 aromatic carbocycles. The van der Waals surface area contributed by atoms with Gasteiger partial charge in [-0.05, 0) is 24.6 Å². The first-order chi connectivity index (χ1) is 6.56. The lowest BCUT2D eigenvalue weighted by atomic mass is 10.2. The highest BCUT2D eigenvalue weighted by Crippen LogP contribution is 2.12. The summed E-state index contributed by atoms with van der Waals surface area (Å²) in [6, 6.07) is 2.86. The molecule has 0 radical (unpaired) electrons. The number of rotatable bonds is 2. The summed E-state index contributed by atoms with van der Waals surface area (Å²) in [5.74, 6) is -1.57. The minimum atomic E-state index is -0.836. The van der Waals surface area contributed by atoms with Crippen molar-refractivity contribution in [2.24, 2.45) is 0 Å². The molecule has 14 heavy (non-hydrogen) atoms. The van der Waals surface area contributed by atoms with E-state index < -0.39 is 11.9 Å². The molecular weight excluding hydrogens is 185 g/mol. The van der Waals surface area contributed by atoms with Crippen LogP contribution in [0.1, 0.15) is 23.0 Å². The van der Waals surface area contributed by atoms with Crippen LogP contribution in [0, 0.1) is 5.95 Å². The predicted octanol–water partition coefficient (Wildman–Crippen LogP) is 2.04. The van der Waals surface area contributed by atoms with Gasteiger partial charge >= 0.3 is 5.97 Å². The van der Waals surface area contributed by atoms with Gasteiger partial charge in [-0.3, -0.25) is 0 Å². The zero-order chi connectivity index (χ0) is 10.7. The van der Waals surface area contributed by atoms with Crippen molar-refractivity contribution in [3.05, 3.63) is 35.9 Å². The van der Waals surface area contributed by atoms with Crippen LogP contribution >= 0.6 is 0 Å². The van der Waals surface area contributed by atoms with E-state index in [1.54, 1.807) is 6.92 Å². The van der Waals surface area contributed by atoms with Gasteiger partial charge in [-0.1, -0.05) is 6.58 Å². The molecule has 0 N–H and O–H groups in total. The average molecular weight is 195 g/mol. The monoisotopic (exact) mass is 195 g/mol. The lowest BCUT2D eigenvalue weighted by Gasteiger charge is -2.02. The third kappa shape index (κ3) is 1.96. The number of hydrogen-bond acceptors (Lipinski definition) is 3. The van der Waals surface area contributed by atoms with E-state index in [9.17, 15) is 9.18 Å². The minimum absolute atomic E-state index is 0.169. The van der Waals surface area contributed by atoms with Crippen molar-refractivity contribution in [1.29, 1.82) is 0 Å². The van der Waals surface area contributed by atoms with Crippen LogP contribution < -0.4 is 0 Å². The first-order valence-corrected chi connectivity index (χ1v) is 3.97. The van der Waals surface area contributed by atoms with Gasteiger partial charge in [-0.2, -0.15) is 4.39 Å². The van der Waals surface area contributed by atoms with Crippen molar-refractivity contribution in [2.75, 3.05) is 7.11 Å². The number of nitrogens with zero attached hydrogens (tertiary/aromatic N) is 1. The molecule has 1 heterocycles. The fourth-order valence-corrected chi connectivity index (χ4v) is 0.934. The van der Waals surface area contributed by atoms with Crippen LogP contribution in [0.4, 0.5) is 4.39 Å². The van der Waals surface area contributed by atoms with Crippen molar-refractivity contribution in [1.82, 2.24) is 4.98 Å². The molecule has 0 amide bonds. The summed E-state index contributed by atoms with van der Waals surface area (Å²) < 4.78 is 17.6. The summed E-state index contributed by atoms with van der Waals surface area (Å²) in [4.78, 5) is 14.6. The van der Waals surface area contributed by atoms with E-state index in [-0.39, 0.29) is 5.56 Å². The summed E-state index contributed by atoms with van der Waals surface area (Å²) in [7, 11) is 1.19. The molecule has 1 aromatic heterocycles. The van der Waals surface area contributed by atoms with Crippen molar-refractivity contribution in [3.8, 4) is 0 Å². The number of methoxy groups -OCH3 is 1. The molecular formula is C10H10FNO2. The van der Waals surface area contributed by atoms with E-state index >= 15 is 0 Å². The summed E-state index contributed by atoms with van der Waals surface area (Å²) in [5.41, 5.74) is 0.896. The predicted molar refractivity (Wildman–Crippen MR) is 50.2 cm³/mol. The highest BCUT2D eigenvalue weighted by molar-refractivity contribution is 5.89. The number of carbonyl (C=O) groups excluding carboxylic acids is 1. The third-order valence-electron chi connectivity index (χ3n) is 1.69. The number of pyridine rings is 1. The number of halogens is 1. The Morgan fingerprint density at radius 3 is 2.64 bits per heavy atom. The Bertz CT molecular complexity index is 388. The highest BCUT2D eigenvalue weighted by atomic mass is 19.1. The van der Waals surface area contributed by atoms with Gasteiger partial charge in [0.25, 0.3) is 0 Å². The van der Waals surface area contributed by atoms with Crippen molar-refractivity contribution in [3.63, 3.8) is 0 Å². The molecule has 0 spiro atoms. The molecule has 0 bridgehead atoms. The Morgan fingerprint density at radius 2 is 2.21 bits per heavy atom. The summed E-state index contributed by atoms with van der Waals surface area (Å²) in [5, 5.41) is 0. The van der Waals surface area contributed by atoms with Gasteiger partial charge in [0.15, 0.2) is 0 Å². The molecule has 4 heteroatoms. The van der Waals surface area contributed by atoms with Crippen LogP contribution in [0.25, 0.3) is 5.57 Å². The summed E-state index contributed by atoms with van der Waals surface area (Å²) in [6.07, 6.45) is 0. The van der Waals surface area contributed by atoms with Crippen molar-refractivity contribution < 1.29 is 13.9 Å². The first kappa shape index (κ1) is 10.4. The van der Waals surface area contributed by atoms with Gasteiger partial charge < -0.3 is 4.74 Å². The molecule has 0 aliphatic rings. The van der Waals surface area contributed by atoms with Crippen molar-refractivity contribution >= 4 is 11.5 Å². The molecule has 0 aliphatic heterocycles. The number of carbonyl (C=O) groups is 1. The van der Waals surface area contributed by atoms with Gasteiger partial charge in [0.1, 0.15) is 5.56 Å². The Hall–Kier alpha value is -1.71. The molecule has 0 saturated heterocycles.